The zero-order valence-electron chi connectivity index (χ0n) is 12.6. The predicted molar refractivity (Wildman–Crippen MR) is 88.5 cm³/mol. The van der Waals surface area contributed by atoms with E-state index in [9.17, 15) is 0 Å². The monoisotopic (exact) mass is 314 g/mol. The molecule has 3 heterocycles. The van der Waals surface area contributed by atoms with Crippen LogP contribution < -0.4 is 4.90 Å². The third-order valence-corrected chi connectivity index (χ3v) is 4.93. The van der Waals surface area contributed by atoms with E-state index < -0.39 is 0 Å². The van der Waals surface area contributed by atoms with Gasteiger partial charge in [-0.1, -0.05) is 41.7 Å². The van der Waals surface area contributed by atoms with Gasteiger partial charge in [-0.15, -0.1) is 5.10 Å². The van der Waals surface area contributed by atoms with Crippen molar-refractivity contribution >= 4 is 21.4 Å². The number of ether oxygens (including phenoxy) is 1. The molecule has 114 valence electrons. The molecule has 2 atom stereocenters. The van der Waals surface area contributed by atoms with Gasteiger partial charge >= 0.3 is 0 Å². The van der Waals surface area contributed by atoms with E-state index >= 15 is 0 Å². The Balaban J connectivity index is 1.69. The Labute approximate surface area is 133 Å². The highest BCUT2D eigenvalue weighted by Gasteiger charge is 2.28. The quantitative estimate of drug-likeness (QED) is 0.729. The Kier molecular flexibility index (Phi) is 3.35. The third kappa shape index (κ3) is 2.28. The van der Waals surface area contributed by atoms with Crippen molar-refractivity contribution in [2.75, 3.05) is 18.1 Å². The molecular weight excluding hydrogens is 296 g/mol. The predicted octanol–water partition coefficient (Wildman–Crippen LogP) is 3.07. The van der Waals surface area contributed by atoms with Crippen LogP contribution in [0.15, 0.2) is 36.5 Å². The number of benzene rings is 1. The Hall–Kier alpha value is -1.92. The van der Waals surface area contributed by atoms with E-state index in [1.807, 2.05) is 28.9 Å². The van der Waals surface area contributed by atoms with Crippen LogP contribution in [-0.4, -0.2) is 39.9 Å². The van der Waals surface area contributed by atoms with Crippen LogP contribution in [0.2, 0.25) is 0 Å². The fourth-order valence-corrected chi connectivity index (χ4v) is 4.01. The van der Waals surface area contributed by atoms with Crippen molar-refractivity contribution in [3.63, 3.8) is 0 Å². The van der Waals surface area contributed by atoms with Gasteiger partial charge in [-0.2, -0.15) is 0 Å². The summed E-state index contributed by atoms with van der Waals surface area (Å²) in [5.41, 5.74) is 2.09. The highest BCUT2D eigenvalue weighted by Crippen LogP contribution is 2.30. The summed E-state index contributed by atoms with van der Waals surface area (Å²) >= 11 is 1.64. The molecule has 2 aromatic heterocycles. The number of rotatable bonds is 2. The molecule has 6 heteroatoms. The Morgan fingerprint density at radius 1 is 1.14 bits per heavy atom. The van der Waals surface area contributed by atoms with E-state index in [-0.39, 0.29) is 0 Å². The maximum Gasteiger partial charge on any atom is 0.214 e. The minimum atomic E-state index is 0.341. The smallest absolute Gasteiger partial charge is 0.214 e. The van der Waals surface area contributed by atoms with E-state index in [1.54, 1.807) is 11.3 Å². The van der Waals surface area contributed by atoms with Gasteiger partial charge < -0.3 is 9.64 Å². The van der Waals surface area contributed by atoms with Gasteiger partial charge in [0.15, 0.2) is 0 Å². The lowest BCUT2D eigenvalue weighted by atomic mass is 10.2. The fourth-order valence-electron chi connectivity index (χ4n) is 2.92. The van der Waals surface area contributed by atoms with E-state index in [4.69, 9.17) is 14.8 Å². The molecule has 1 aliphatic heterocycles. The number of aromatic nitrogens is 3. The van der Waals surface area contributed by atoms with Crippen molar-refractivity contribution in [1.29, 1.82) is 0 Å². The summed E-state index contributed by atoms with van der Waals surface area (Å²) in [6, 6.07) is 10.9. The van der Waals surface area contributed by atoms with Crippen LogP contribution in [0.5, 0.6) is 0 Å². The lowest BCUT2D eigenvalue weighted by Gasteiger charge is -2.38. The molecule has 1 fully saturated rings. The van der Waals surface area contributed by atoms with Gasteiger partial charge in [-0.3, -0.25) is 0 Å². The second-order valence-corrected chi connectivity index (χ2v) is 6.68. The molecule has 2 unspecified atom stereocenters. The van der Waals surface area contributed by atoms with Crippen molar-refractivity contribution in [3.05, 3.63) is 36.5 Å². The van der Waals surface area contributed by atoms with Gasteiger partial charge in [0.05, 0.1) is 37.2 Å². The van der Waals surface area contributed by atoms with Crippen molar-refractivity contribution < 1.29 is 4.74 Å². The maximum absolute atomic E-state index is 5.59. The van der Waals surface area contributed by atoms with Crippen LogP contribution in [-0.2, 0) is 4.74 Å². The summed E-state index contributed by atoms with van der Waals surface area (Å²) in [5, 5.41) is 5.75. The highest BCUT2D eigenvalue weighted by molar-refractivity contribution is 7.20. The molecule has 4 rings (SSSR count). The van der Waals surface area contributed by atoms with Crippen LogP contribution in [0.1, 0.15) is 13.8 Å². The van der Waals surface area contributed by atoms with Gasteiger partial charge in [0, 0.05) is 5.56 Å². The van der Waals surface area contributed by atoms with Gasteiger partial charge in [0.2, 0.25) is 10.1 Å². The number of hydrogen-bond acceptors (Lipinski definition) is 5. The molecule has 0 N–H and O–H groups in total. The molecule has 22 heavy (non-hydrogen) atoms. The van der Waals surface area contributed by atoms with Gasteiger partial charge in [0.25, 0.3) is 0 Å². The molecule has 0 spiro atoms. The van der Waals surface area contributed by atoms with Gasteiger partial charge in [-0.05, 0) is 13.8 Å². The van der Waals surface area contributed by atoms with Crippen LogP contribution in [0, 0.1) is 0 Å². The van der Waals surface area contributed by atoms with E-state index in [1.165, 1.54) is 0 Å². The first-order valence-electron chi connectivity index (χ1n) is 7.50. The molecule has 1 saturated heterocycles. The minimum Gasteiger partial charge on any atom is -0.377 e. The number of morpholine rings is 1. The van der Waals surface area contributed by atoms with Crippen molar-refractivity contribution in [2.24, 2.45) is 0 Å². The highest BCUT2D eigenvalue weighted by atomic mass is 32.1. The summed E-state index contributed by atoms with van der Waals surface area (Å²) in [5.74, 6) is 0. The van der Waals surface area contributed by atoms with Crippen molar-refractivity contribution in [3.8, 4) is 11.3 Å². The first-order valence-corrected chi connectivity index (χ1v) is 8.32. The summed E-state index contributed by atoms with van der Waals surface area (Å²) < 4.78 is 7.48. The number of nitrogens with zero attached hydrogens (tertiary/aromatic N) is 4. The largest absolute Gasteiger partial charge is 0.377 e. The maximum atomic E-state index is 5.59. The summed E-state index contributed by atoms with van der Waals surface area (Å²) in [6.07, 6.45) is 2.00. The van der Waals surface area contributed by atoms with Crippen LogP contribution >= 0.6 is 11.3 Å². The second-order valence-electron chi connectivity index (χ2n) is 5.75. The number of anilines is 1. The third-order valence-electron chi connectivity index (χ3n) is 3.99. The number of fused-ring (bicyclic) bond motifs is 1. The van der Waals surface area contributed by atoms with Crippen molar-refractivity contribution in [2.45, 2.75) is 25.9 Å². The average molecular weight is 314 g/mol. The van der Waals surface area contributed by atoms with E-state index in [2.05, 4.69) is 30.9 Å². The number of imidazole rings is 1. The molecule has 1 aromatic carbocycles. The molecule has 3 aromatic rings. The normalized spacial score (nSPS) is 22.4. The Bertz CT molecular complexity index is 740. The Morgan fingerprint density at radius 3 is 2.55 bits per heavy atom. The molecule has 1 aliphatic rings. The van der Waals surface area contributed by atoms with Crippen LogP contribution in [0.4, 0.5) is 5.13 Å². The minimum absolute atomic E-state index is 0.341. The molecule has 5 nitrogen and oxygen atoms in total. The van der Waals surface area contributed by atoms with E-state index in [0.29, 0.717) is 12.1 Å². The summed E-state index contributed by atoms with van der Waals surface area (Å²) in [7, 11) is 0. The lowest BCUT2D eigenvalue weighted by molar-refractivity contribution is 0.0755. The topological polar surface area (TPSA) is 42.7 Å². The fraction of sp³-hybridized carbons (Fsp3) is 0.375. The summed E-state index contributed by atoms with van der Waals surface area (Å²) in [6.45, 7) is 5.85. The molecule has 0 saturated carbocycles. The Morgan fingerprint density at radius 2 is 1.86 bits per heavy atom. The zero-order valence-corrected chi connectivity index (χ0v) is 13.5. The molecule has 0 radical (unpaired) electrons. The van der Waals surface area contributed by atoms with Crippen LogP contribution in [0.3, 0.4) is 0 Å². The molecular formula is C16H18N4OS. The van der Waals surface area contributed by atoms with Crippen molar-refractivity contribution in [1.82, 2.24) is 14.6 Å². The lowest BCUT2D eigenvalue weighted by Crippen LogP contribution is -2.49. The standard InChI is InChI=1S/C16H18N4OS/c1-11-9-21-10-12(2)20(11)16-18-19-8-14(17-15(19)22-16)13-6-4-3-5-7-13/h3-8,11-12H,9-10H2,1-2H3. The molecule has 0 amide bonds. The molecule has 0 bridgehead atoms. The average Bonchev–Trinajstić information content (AvgIpc) is 3.07. The number of hydrogen-bond donors (Lipinski definition) is 0. The van der Waals surface area contributed by atoms with Gasteiger partial charge in [-0.25, -0.2) is 9.50 Å². The first kappa shape index (κ1) is 13.7. The van der Waals surface area contributed by atoms with Crippen LogP contribution in [0.25, 0.3) is 16.2 Å². The second kappa shape index (κ2) is 5.37. The van der Waals surface area contributed by atoms with Gasteiger partial charge in [0.1, 0.15) is 0 Å². The summed E-state index contributed by atoms with van der Waals surface area (Å²) in [4.78, 5) is 7.98. The first-order chi connectivity index (χ1) is 10.7. The SMILES string of the molecule is CC1COCC(C)N1c1nn2cc(-c3ccccc3)nc2s1. The zero-order chi connectivity index (χ0) is 15.1. The molecule has 0 aliphatic carbocycles. The van der Waals surface area contributed by atoms with E-state index in [0.717, 1.165) is 34.6 Å².